The van der Waals surface area contributed by atoms with Crippen LogP contribution >= 0.6 is 0 Å². The second-order valence-electron chi connectivity index (χ2n) is 6.22. The molecule has 2 aromatic rings. The van der Waals surface area contributed by atoms with Crippen molar-refractivity contribution in [2.45, 2.75) is 39.8 Å². The Bertz CT molecular complexity index is 753. The number of Topliss-reactive ketones (excluding diaryl/α,β-unsaturated/α-hetero) is 1. The molecule has 0 aliphatic carbocycles. The van der Waals surface area contributed by atoms with Crippen LogP contribution < -0.4 is 5.32 Å². The zero-order valence-electron chi connectivity index (χ0n) is 15.1. The van der Waals surface area contributed by atoms with Gasteiger partial charge in [-0.25, -0.2) is 0 Å². The van der Waals surface area contributed by atoms with E-state index in [9.17, 15) is 9.59 Å². The van der Waals surface area contributed by atoms with Crippen molar-refractivity contribution < 1.29 is 14.3 Å². The molecule has 0 bridgehead atoms. The van der Waals surface area contributed by atoms with Crippen LogP contribution in [-0.4, -0.2) is 18.8 Å². The van der Waals surface area contributed by atoms with Gasteiger partial charge in [-0.05, 0) is 36.6 Å². The van der Waals surface area contributed by atoms with Gasteiger partial charge < -0.3 is 10.1 Å². The summed E-state index contributed by atoms with van der Waals surface area (Å²) in [6, 6.07) is 13.6. The molecule has 0 spiro atoms. The van der Waals surface area contributed by atoms with Crippen LogP contribution in [0.2, 0.25) is 0 Å². The molecule has 0 aliphatic rings. The average Bonchev–Trinajstić information content (AvgIpc) is 2.61. The predicted octanol–water partition coefficient (Wildman–Crippen LogP) is 3.73. The van der Waals surface area contributed by atoms with Gasteiger partial charge in [0.25, 0.3) is 0 Å². The van der Waals surface area contributed by atoms with E-state index in [0.717, 1.165) is 22.3 Å². The van der Waals surface area contributed by atoms with Crippen molar-refractivity contribution in [3.63, 3.8) is 0 Å². The van der Waals surface area contributed by atoms with Gasteiger partial charge in [-0.2, -0.15) is 0 Å². The number of carbonyl (C=O) groups excluding carboxylic acids is 2. The van der Waals surface area contributed by atoms with E-state index in [4.69, 9.17) is 4.74 Å². The van der Waals surface area contributed by atoms with Crippen molar-refractivity contribution in [2.24, 2.45) is 0 Å². The number of rotatable bonds is 8. The van der Waals surface area contributed by atoms with Crippen molar-refractivity contribution in [1.29, 1.82) is 0 Å². The fourth-order valence-corrected chi connectivity index (χ4v) is 2.71. The first-order valence-electron chi connectivity index (χ1n) is 8.44. The summed E-state index contributed by atoms with van der Waals surface area (Å²) >= 11 is 0. The summed E-state index contributed by atoms with van der Waals surface area (Å²) in [5, 5.41) is 2.88. The average molecular weight is 339 g/mol. The summed E-state index contributed by atoms with van der Waals surface area (Å²) in [4.78, 5) is 24.4. The Morgan fingerprint density at radius 3 is 2.44 bits per heavy atom. The maximum Gasteiger partial charge on any atom is 0.220 e. The molecule has 0 radical (unpaired) electrons. The summed E-state index contributed by atoms with van der Waals surface area (Å²) in [6.45, 7) is 4.83. The minimum absolute atomic E-state index is 0.0103. The topological polar surface area (TPSA) is 55.4 Å². The molecule has 0 unspecified atom stereocenters. The van der Waals surface area contributed by atoms with Gasteiger partial charge in [0.1, 0.15) is 0 Å². The van der Waals surface area contributed by atoms with Crippen LogP contribution in [0.1, 0.15) is 45.5 Å². The first kappa shape index (κ1) is 18.9. The Balaban J connectivity index is 1.87. The van der Waals surface area contributed by atoms with E-state index < -0.39 is 0 Å². The van der Waals surface area contributed by atoms with Crippen molar-refractivity contribution in [2.75, 3.05) is 7.11 Å². The fourth-order valence-electron chi connectivity index (χ4n) is 2.71. The lowest BCUT2D eigenvalue weighted by atomic mass is 9.99. The lowest BCUT2D eigenvalue weighted by molar-refractivity contribution is -0.121. The molecule has 0 saturated carbocycles. The molecule has 0 aliphatic heterocycles. The number of ketones is 1. The van der Waals surface area contributed by atoms with Crippen LogP contribution in [0.3, 0.4) is 0 Å². The molecular weight excluding hydrogens is 314 g/mol. The van der Waals surface area contributed by atoms with Crippen LogP contribution in [0.4, 0.5) is 0 Å². The molecule has 2 rings (SSSR count). The number of aryl methyl sites for hydroxylation is 2. The molecule has 0 atom stereocenters. The van der Waals surface area contributed by atoms with Crippen molar-refractivity contribution in [1.82, 2.24) is 5.32 Å². The summed E-state index contributed by atoms with van der Waals surface area (Å²) in [6.07, 6.45) is 0.411. The third-order valence-corrected chi connectivity index (χ3v) is 4.17. The Labute approximate surface area is 149 Å². The van der Waals surface area contributed by atoms with Crippen LogP contribution in [0.15, 0.2) is 42.5 Å². The van der Waals surface area contributed by atoms with Crippen LogP contribution in [0, 0.1) is 13.8 Å². The smallest absolute Gasteiger partial charge is 0.220 e. The molecular formula is C21H25NO3. The standard InChI is InChI=1S/C21H25NO3/c1-15-8-9-16(2)19(12-15)20(23)10-11-21(24)22-13-17-6-4-5-7-18(17)14-25-3/h4-9,12H,10-11,13-14H2,1-3H3,(H,22,24). The molecule has 0 heterocycles. The van der Waals surface area contributed by atoms with E-state index in [1.54, 1.807) is 7.11 Å². The normalized spacial score (nSPS) is 10.5. The van der Waals surface area contributed by atoms with Gasteiger partial charge in [0.15, 0.2) is 5.78 Å². The number of ether oxygens (including phenoxy) is 1. The fraction of sp³-hybridized carbons (Fsp3) is 0.333. The van der Waals surface area contributed by atoms with E-state index in [0.29, 0.717) is 18.7 Å². The maximum absolute atomic E-state index is 12.3. The second kappa shape index (κ2) is 9.14. The van der Waals surface area contributed by atoms with E-state index in [-0.39, 0.29) is 24.5 Å². The molecule has 4 nitrogen and oxygen atoms in total. The molecule has 1 N–H and O–H groups in total. The summed E-state index contributed by atoms with van der Waals surface area (Å²) in [5.41, 5.74) is 4.78. The largest absolute Gasteiger partial charge is 0.380 e. The molecule has 0 saturated heterocycles. The number of methoxy groups -OCH3 is 1. The highest BCUT2D eigenvalue weighted by Gasteiger charge is 2.12. The molecule has 1 amide bonds. The van der Waals surface area contributed by atoms with E-state index >= 15 is 0 Å². The number of benzene rings is 2. The van der Waals surface area contributed by atoms with Gasteiger partial charge in [0.2, 0.25) is 5.91 Å². The number of carbonyl (C=O) groups is 2. The SMILES string of the molecule is COCc1ccccc1CNC(=O)CCC(=O)c1cc(C)ccc1C. The van der Waals surface area contributed by atoms with Crippen LogP contribution in [-0.2, 0) is 22.7 Å². The first-order chi connectivity index (χ1) is 12.0. The summed E-state index contributed by atoms with van der Waals surface area (Å²) in [5.74, 6) is -0.109. The zero-order chi connectivity index (χ0) is 18.2. The Morgan fingerprint density at radius 2 is 1.72 bits per heavy atom. The van der Waals surface area contributed by atoms with Gasteiger partial charge >= 0.3 is 0 Å². The lowest BCUT2D eigenvalue weighted by Crippen LogP contribution is -2.24. The monoisotopic (exact) mass is 339 g/mol. The van der Waals surface area contributed by atoms with E-state index in [1.165, 1.54) is 0 Å². The summed E-state index contributed by atoms with van der Waals surface area (Å²) in [7, 11) is 1.65. The molecule has 132 valence electrons. The molecule has 2 aromatic carbocycles. The molecule has 0 aromatic heterocycles. The van der Waals surface area contributed by atoms with Crippen molar-refractivity contribution in [3.8, 4) is 0 Å². The van der Waals surface area contributed by atoms with E-state index in [1.807, 2.05) is 56.3 Å². The molecule has 4 heteroatoms. The van der Waals surface area contributed by atoms with Gasteiger partial charge in [0.05, 0.1) is 6.61 Å². The van der Waals surface area contributed by atoms with Crippen molar-refractivity contribution in [3.05, 3.63) is 70.3 Å². The van der Waals surface area contributed by atoms with Gasteiger partial charge in [-0.15, -0.1) is 0 Å². The lowest BCUT2D eigenvalue weighted by Gasteiger charge is -2.10. The zero-order valence-corrected chi connectivity index (χ0v) is 15.1. The van der Waals surface area contributed by atoms with Gasteiger partial charge in [-0.3, -0.25) is 9.59 Å². The minimum atomic E-state index is -0.120. The quantitative estimate of drug-likeness (QED) is 0.746. The highest BCUT2D eigenvalue weighted by atomic mass is 16.5. The van der Waals surface area contributed by atoms with Crippen molar-refractivity contribution >= 4 is 11.7 Å². The number of hydrogen-bond acceptors (Lipinski definition) is 3. The Morgan fingerprint density at radius 1 is 1.00 bits per heavy atom. The van der Waals surface area contributed by atoms with Crippen LogP contribution in [0.25, 0.3) is 0 Å². The number of amides is 1. The number of hydrogen-bond donors (Lipinski definition) is 1. The molecule has 0 fully saturated rings. The predicted molar refractivity (Wildman–Crippen MR) is 98.5 cm³/mol. The maximum atomic E-state index is 12.3. The third-order valence-electron chi connectivity index (χ3n) is 4.17. The Kier molecular flexibility index (Phi) is 6.90. The highest BCUT2D eigenvalue weighted by Crippen LogP contribution is 2.14. The third kappa shape index (κ3) is 5.54. The Hall–Kier alpha value is -2.46. The second-order valence-corrected chi connectivity index (χ2v) is 6.22. The molecule has 25 heavy (non-hydrogen) atoms. The highest BCUT2D eigenvalue weighted by molar-refractivity contribution is 5.99. The van der Waals surface area contributed by atoms with Crippen LogP contribution in [0.5, 0.6) is 0 Å². The minimum Gasteiger partial charge on any atom is -0.380 e. The summed E-state index contributed by atoms with van der Waals surface area (Å²) < 4.78 is 5.17. The first-order valence-corrected chi connectivity index (χ1v) is 8.44. The number of nitrogens with one attached hydrogen (secondary N) is 1. The van der Waals surface area contributed by atoms with Gasteiger partial charge in [0, 0.05) is 32.1 Å². The van der Waals surface area contributed by atoms with E-state index in [2.05, 4.69) is 5.32 Å². The van der Waals surface area contributed by atoms with Gasteiger partial charge in [-0.1, -0.05) is 42.0 Å².